The van der Waals surface area contributed by atoms with Crippen molar-refractivity contribution in [2.45, 2.75) is 0 Å². The molecule has 1 aliphatic heterocycles. The van der Waals surface area contributed by atoms with Gasteiger partial charge in [-0.3, -0.25) is 4.79 Å². The number of carbonyl (C=O) groups excluding carboxylic acids is 1. The van der Waals surface area contributed by atoms with Crippen LogP contribution in [0.15, 0.2) is 30.5 Å². The van der Waals surface area contributed by atoms with Crippen LogP contribution in [0, 0.1) is 0 Å². The van der Waals surface area contributed by atoms with E-state index < -0.39 is 0 Å². The van der Waals surface area contributed by atoms with Crippen LogP contribution in [0.1, 0.15) is 0 Å². The summed E-state index contributed by atoms with van der Waals surface area (Å²) in [7, 11) is 3.44. The van der Waals surface area contributed by atoms with Crippen LogP contribution in [0.25, 0.3) is 0 Å². The number of ether oxygens (including phenoxy) is 1. The van der Waals surface area contributed by atoms with Crippen molar-refractivity contribution in [3.05, 3.63) is 30.5 Å². The molecule has 2 heterocycles. The van der Waals surface area contributed by atoms with E-state index >= 15 is 0 Å². The van der Waals surface area contributed by atoms with Crippen molar-refractivity contribution in [2.24, 2.45) is 0 Å². The zero-order valence-corrected chi connectivity index (χ0v) is 11.8. The normalized spacial score (nSPS) is 13.4. The lowest BCUT2D eigenvalue weighted by Gasteiger charge is -2.25. The highest BCUT2D eigenvalue weighted by Gasteiger charge is 2.21. The van der Waals surface area contributed by atoms with Crippen molar-refractivity contribution >= 4 is 29.0 Å². The first-order chi connectivity index (χ1) is 10.2. The summed E-state index contributed by atoms with van der Waals surface area (Å²) in [5.41, 5.74) is 1.45. The van der Waals surface area contributed by atoms with Crippen molar-refractivity contribution in [3.63, 3.8) is 0 Å². The van der Waals surface area contributed by atoms with E-state index in [4.69, 9.17) is 4.74 Å². The molecule has 0 aliphatic carbocycles. The predicted molar refractivity (Wildman–Crippen MR) is 80.2 cm³/mol. The summed E-state index contributed by atoms with van der Waals surface area (Å²) >= 11 is 0. The molecule has 0 atom stereocenters. The topological polar surface area (TPSA) is 79.4 Å². The van der Waals surface area contributed by atoms with Gasteiger partial charge < -0.3 is 20.3 Å². The average molecular weight is 285 g/mol. The van der Waals surface area contributed by atoms with Crippen LogP contribution < -0.4 is 20.3 Å². The minimum atomic E-state index is -0.0675. The van der Waals surface area contributed by atoms with Gasteiger partial charge in [0, 0.05) is 18.8 Å². The van der Waals surface area contributed by atoms with Gasteiger partial charge in [0.1, 0.15) is 11.4 Å². The fourth-order valence-electron chi connectivity index (χ4n) is 2.12. The first kappa shape index (κ1) is 13.2. The Morgan fingerprint density at radius 2 is 2.29 bits per heavy atom. The van der Waals surface area contributed by atoms with E-state index in [1.165, 1.54) is 0 Å². The molecule has 1 aromatic carbocycles. The molecule has 108 valence electrons. The molecule has 0 saturated carbocycles. The number of hydrogen-bond donors (Lipinski definition) is 2. The molecule has 21 heavy (non-hydrogen) atoms. The van der Waals surface area contributed by atoms with Crippen molar-refractivity contribution in [3.8, 4) is 5.75 Å². The number of hydrogen-bond acceptors (Lipinski definition) is 6. The predicted octanol–water partition coefficient (Wildman–Crippen LogP) is 1.62. The van der Waals surface area contributed by atoms with Crippen LogP contribution in [0.5, 0.6) is 5.75 Å². The first-order valence-electron chi connectivity index (χ1n) is 6.45. The highest BCUT2D eigenvalue weighted by atomic mass is 16.5. The Kier molecular flexibility index (Phi) is 3.31. The highest BCUT2D eigenvalue weighted by molar-refractivity contribution is 6.00. The second-order valence-corrected chi connectivity index (χ2v) is 4.69. The van der Waals surface area contributed by atoms with Crippen molar-refractivity contribution < 1.29 is 9.53 Å². The molecule has 0 radical (unpaired) electrons. The summed E-state index contributed by atoms with van der Waals surface area (Å²) in [6.45, 7) is 0.280. The third kappa shape index (κ3) is 2.71. The molecule has 1 amide bonds. The molecule has 1 aliphatic rings. The standard InChI is InChI=1S/C14H15N5O2/c1-19-8-12(20)17-11-7-15-14(18-13(11)19)16-9-4-3-5-10(6-9)21-2/h3-7H,8H2,1-2H3,(H,17,20)(H,15,16,18). The minimum absolute atomic E-state index is 0.0675. The van der Waals surface area contributed by atoms with Crippen LogP contribution in [0.2, 0.25) is 0 Å². The summed E-state index contributed by atoms with van der Waals surface area (Å²) in [6.07, 6.45) is 1.60. The van der Waals surface area contributed by atoms with Crippen molar-refractivity contribution in [2.75, 3.05) is 36.2 Å². The van der Waals surface area contributed by atoms with Crippen LogP contribution in [0.3, 0.4) is 0 Å². The zero-order valence-electron chi connectivity index (χ0n) is 11.8. The fraction of sp³-hybridized carbons (Fsp3) is 0.214. The number of fused-ring (bicyclic) bond motifs is 1. The van der Waals surface area contributed by atoms with Crippen molar-refractivity contribution in [1.82, 2.24) is 9.97 Å². The summed E-state index contributed by atoms with van der Waals surface area (Å²) in [5, 5.41) is 5.87. The van der Waals surface area contributed by atoms with Gasteiger partial charge in [0.05, 0.1) is 19.9 Å². The maximum atomic E-state index is 11.4. The Hall–Kier alpha value is -2.83. The van der Waals surface area contributed by atoms with E-state index in [0.717, 1.165) is 11.4 Å². The average Bonchev–Trinajstić information content (AvgIpc) is 2.48. The molecule has 0 unspecified atom stereocenters. The number of methoxy groups -OCH3 is 1. The van der Waals surface area contributed by atoms with Gasteiger partial charge in [0.15, 0.2) is 5.82 Å². The maximum Gasteiger partial charge on any atom is 0.244 e. The van der Waals surface area contributed by atoms with E-state index in [1.807, 2.05) is 31.3 Å². The number of rotatable bonds is 3. The molecule has 2 aromatic rings. The molecule has 7 nitrogen and oxygen atoms in total. The largest absolute Gasteiger partial charge is 0.497 e. The number of nitrogens with zero attached hydrogens (tertiary/aromatic N) is 3. The number of aromatic nitrogens is 2. The Morgan fingerprint density at radius 1 is 1.43 bits per heavy atom. The summed E-state index contributed by atoms with van der Waals surface area (Å²) in [6, 6.07) is 7.50. The lowest BCUT2D eigenvalue weighted by Crippen LogP contribution is -2.36. The van der Waals surface area contributed by atoms with E-state index in [2.05, 4.69) is 20.6 Å². The lowest BCUT2D eigenvalue weighted by atomic mass is 10.3. The fourth-order valence-corrected chi connectivity index (χ4v) is 2.12. The monoisotopic (exact) mass is 285 g/mol. The Morgan fingerprint density at radius 3 is 3.10 bits per heavy atom. The molecule has 7 heteroatoms. The SMILES string of the molecule is COc1cccc(Nc2ncc3c(n2)N(C)CC(=O)N3)c1. The van der Waals surface area contributed by atoms with Gasteiger partial charge >= 0.3 is 0 Å². The van der Waals surface area contributed by atoms with E-state index in [-0.39, 0.29) is 12.5 Å². The van der Waals surface area contributed by atoms with Gasteiger partial charge in [0.25, 0.3) is 0 Å². The third-order valence-corrected chi connectivity index (χ3v) is 3.11. The van der Waals surface area contributed by atoms with Gasteiger partial charge in [0.2, 0.25) is 11.9 Å². The summed E-state index contributed by atoms with van der Waals surface area (Å²) < 4.78 is 5.18. The number of likely N-dealkylation sites (N-methyl/N-ethyl adjacent to an activating group) is 1. The van der Waals surface area contributed by atoms with Gasteiger partial charge in [-0.25, -0.2) is 4.98 Å². The van der Waals surface area contributed by atoms with Crippen LogP contribution in [-0.4, -0.2) is 36.6 Å². The van der Waals surface area contributed by atoms with Crippen LogP contribution >= 0.6 is 0 Å². The minimum Gasteiger partial charge on any atom is -0.497 e. The molecule has 1 aromatic heterocycles. The molecular formula is C14H15N5O2. The second-order valence-electron chi connectivity index (χ2n) is 4.69. The number of carbonyl (C=O) groups is 1. The second kappa shape index (κ2) is 5.28. The van der Waals surface area contributed by atoms with Crippen molar-refractivity contribution in [1.29, 1.82) is 0 Å². The number of amides is 1. The molecular weight excluding hydrogens is 270 g/mol. The Bertz CT molecular complexity index is 689. The molecule has 0 saturated heterocycles. The van der Waals surface area contributed by atoms with E-state index in [0.29, 0.717) is 17.5 Å². The van der Waals surface area contributed by atoms with Crippen LogP contribution in [-0.2, 0) is 4.79 Å². The zero-order chi connectivity index (χ0) is 14.8. The number of nitrogens with one attached hydrogen (secondary N) is 2. The Balaban J connectivity index is 1.87. The van der Waals surface area contributed by atoms with Gasteiger partial charge in [-0.05, 0) is 12.1 Å². The van der Waals surface area contributed by atoms with Gasteiger partial charge in [-0.15, -0.1) is 0 Å². The smallest absolute Gasteiger partial charge is 0.244 e. The quantitative estimate of drug-likeness (QED) is 0.892. The van der Waals surface area contributed by atoms with E-state index in [9.17, 15) is 4.79 Å². The molecule has 0 fully saturated rings. The lowest BCUT2D eigenvalue weighted by molar-refractivity contribution is -0.115. The highest BCUT2D eigenvalue weighted by Crippen LogP contribution is 2.27. The molecule has 3 rings (SSSR count). The first-order valence-corrected chi connectivity index (χ1v) is 6.45. The molecule has 0 bridgehead atoms. The molecule has 2 N–H and O–H groups in total. The van der Waals surface area contributed by atoms with Crippen LogP contribution in [0.4, 0.5) is 23.1 Å². The van der Waals surface area contributed by atoms with Gasteiger partial charge in [-0.1, -0.05) is 6.07 Å². The maximum absolute atomic E-state index is 11.4. The third-order valence-electron chi connectivity index (χ3n) is 3.11. The molecule has 0 spiro atoms. The van der Waals surface area contributed by atoms with Gasteiger partial charge in [-0.2, -0.15) is 4.98 Å². The van der Waals surface area contributed by atoms with E-state index in [1.54, 1.807) is 18.2 Å². The summed E-state index contributed by atoms with van der Waals surface area (Å²) in [4.78, 5) is 21.9. The summed E-state index contributed by atoms with van der Waals surface area (Å²) in [5.74, 6) is 1.84. The number of benzene rings is 1. The number of anilines is 4. The Labute approximate surface area is 122 Å².